The number of halogens is 3. The van der Waals surface area contributed by atoms with Crippen LogP contribution in [-0.4, -0.2) is 43.1 Å². The lowest BCUT2D eigenvalue weighted by molar-refractivity contribution is -0.0530. The fourth-order valence-corrected chi connectivity index (χ4v) is 5.18. The number of amides is 1. The number of nitrogens with zero attached hydrogens (tertiary/aromatic N) is 1. The van der Waals surface area contributed by atoms with Crippen molar-refractivity contribution in [3.05, 3.63) is 29.3 Å². The SMILES string of the molecule is CC(C)(C)OC(=O)N1CC[C@@]2(C)c3cccc(OS(=O)(=O)C(F)(F)F)c3CC1C2(C)C. The zero-order valence-corrected chi connectivity index (χ0v) is 19.3. The van der Waals surface area contributed by atoms with Gasteiger partial charge in [-0.05, 0) is 50.7 Å². The van der Waals surface area contributed by atoms with Crippen LogP contribution in [0.4, 0.5) is 18.0 Å². The quantitative estimate of drug-likeness (QED) is 0.467. The fourth-order valence-electron chi connectivity index (χ4n) is 4.70. The lowest BCUT2D eigenvalue weighted by Gasteiger charge is -2.60. The number of alkyl halides is 3. The Morgan fingerprint density at radius 1 is 1.16 bits per heavy atom. The van der Waals surface area contributed by atoms with E-state index in [1.807, 2.05) is 20.8 Å². The maximum Gasteiger partial charge on any atom is 0.534 e. The number of rotatable bonds is 2. The summed E-state index contributed by atoms with van der Waals surface area (Å²) in [6.45, 7) is 11.7. The minimum Gasteiger partial charge on any atom is -0.444 e. The lowest BCUT2D eigenvalue weighted by Crippen LogP contribution is -2.65. The normalized spacial score (nSPS) is 25.6. The molecule has 2 aliphatic rings. The Bertz CT molecular complexity index is 997. The second kappa shape index (κ2) is 7.02. The van der Waals surface area contributed by atoms with E-state index in [1.165, 1.54) is 12.1 Å². The van der Waals surface area contributed by atoms with E-state index in [4.69, 9.17) is 4.74 Å². The summed E-state index contributed by atoms with van der Waals surface area (Å²) < 4.78 is 72.2. The largest absolute Gasteiger partial charge is 0.534 e. The van der Waals surface area contributed by atoms with Crippen molar-refractivity contribution in [2.45, 2.75) is 77.0 Å². The van der Waals surface area contributed by atoms with Gasteiger partial charge in [-0.15, -0.1) is 0 Å². The molecule has 2 atom stereocenters. The number of fused-ring (bicyclic) bond motifs is 4. The molecule has 0 N–H and O–H groups in total. The number of benzene rings is 1. The number of carbonyl (C=O) groups is 1. The van der Waals surface area contributed by atoms with Gasteiger partial charge in [0.05, 0.1) is 0 Å². The summed E-state index contributed by atoms with van der Waals surface area (Å²) in [6.07, 6.45) is 0.191. The summed E-state index contributed by atoms with van der Waals surface area (Å²) in [5, 5.41) is 0. The number of carbonyl (C=O) groups excluding carboxylic acids is 1. The Kier molecular flexibility index (Phi) is 5.36. The molecule has 1 aliphatic heterocycles. The Morgan fingerprint density at radius 3 is 2.32 bits per heavy atom. The number of likely N-dealkylation sites (tertiary alicyclic amines) is 1. The molecule has 0 radical (unpaired) electrons. The Balaban J connectivity index is 2.08. The molecule has 6 nitrogen and oxygen atoms in total. The Labute approximate surface area is 180 Å². The van der Waals surface area contributed by atoms with Gasteiger partial charge in [0.25, 0.3) is 0 Å². The van der Waals surface area contributed by atoms with Crippen molar-refractivity contribution >= 4 is 16.2 Å². The van der Waals surface area contributed by atoms with Gasteiger partial charge in [0.15, 0.2) is 0 Å². The first-order chi connectivity index (χ1) is 13.9. The summed E-state index contributed by atoms with van der Waals surface area (Å²) in [5.74, 6) is -0.354. The average molecular weight is 464 g/mol. The molecular weight excluding hydrogens is 435 g/mol. The highest BCUT2D eigenvalue weighted by Crippen LogP contribution is 2.57. The van der Waals surface area contributed by atoms with Gasteiger partial charge in [-0.1, -0.05) is 32.9 Å². The topological polar surface area (TPSA) is 72.9 Å². The van der Waals surface area contributed by atoms with Crippen molar-refractivity contribution in [1.29, 1.82) is 0 Å². The average Bonchev–Trinajstić information content (AvgIpc) is 2.55. The standard InChI is InChI=1S/C21H28F3NO5S/c1-18(2,3)29-17(26)25-11-10-20(6)14-8-7-9-15(30-31(27,28)21(22,23)24)13(14)12-16(25)19(20,4)5/h7-9,16H,10-12H2,1-6H3/t16?,20-/m0/s1. The molecule has 1 saturated heterocycles. The van der Waals surface area contributed by atoms with Gasteiger partial charge in [0.1, 0.15) is 11.4 Å². The predicted octanol–water partition coefficient (Wildman–Crippen LogP) is 4.76. The highest BCUT2D eigenvalue weighted by atomic mass is 32.2. The molecule has 1 aliphatic carbocycles. The monoisotopic (exact) mass is 463 g/mol. The molecule has 0 spiro atoms. The van der Waals surface area contributed by atoms with Crippen LogP contribution in [0.5, 0.6) is 5.75 Å². The van der Waals surface area contributed by atoms with Crippen LogP contribution in [0.1, 0.15) is 59.1 Å². The molecule has 3 rings (SSSR count). The summed E-state index contributed by atoms with van der Waals surface area (Å²) >= 11 is 0. The van der Waals surface area contributed by atoms with Gasteiger partial charge in [0.2, 0.25) is 0 Å². The van der Waals surface area contributed by atoms with Crippen LogP contribution in [0.15, 0.2) is 18.2 Å². The molecule has 2 bridgehead atoms. The Hall–Kier alpha value is -1.97. The van der Waals surface area contributed by atoms with Gasteiger partial charge in [-0.2, -0.15) is 21.6 Å². The van der Waals surface area contributed by atoms with Crippen molar-refractivity contribution < 1.29 is 35.3 Å². The minimum absolute atomic E-state index is 0.153. The first-order valence-electron chi connectivity index (χ1n) is 10.0. The van der Waals surface area contributed by atoms with Crippen LogP contribution in [0.2, 0.25) is 0 Å². The van der Waals surface area contributed by atoms with Crippen LogP contribution in [0.3, 0.4) is 0 Å². The van der Waals surface area contributed by atoms with E-state index in [0.717, 1.165) is 5.56 Å². The van der Waals surface area contributed by atoms with Crippen molar-refractivity contribution in [1.82, 2.24) is 4.90 Å². The molecule has 1 heterocycles. The molecule has 10 heteroatoms. The number of ether oxygens (including phenoxy) is 1. The van der Waals surface area contributed by atoms with E-state index in [0.29, 0.717) is 18.5 Å². The van der Waals surface area contributed by atoms with E-state index in [-0.39, 0.29) is 12.2 Å². The molecule has 1 aromatic carbocycles. The van der Waals surface area contributed by atoms with Gasteiger partial charge in [0, 0.05) is 23.6 Å². The maximum absolute atomic E-state index is 12.9. The third-order valence-corrected chi connectivity index (χ3v) is 7.69. The first-order valence-corrected chi connectivity index (χ1v) is 11.4. The van der Waals surface area contributed by atoms with E-state index < -0.39 is 44.2 Å². The molecule has 0 aromatic heterocycles. The van der Waals surface area contributed by atoms with Gasteiger partial charge < -0.3 is 13.8 Å². The van der Waals surface area contributed by atoms with E-state index >= 15 is 0 Å². The smallest absolute Gasteiger partial charge is 0.444 e. The van der Waals surface area contributed by atoms with Crippen molar-refractivity contribution in [3.8, 4) is 5.75 Å². The second-order valence-corrected chi connectivity index (χ2v) is 11.5. The van der Waals surface area contributed by atoms with Gasteiger partial charge >= 0.3 is 21.7 Å². The molecule has 1 fully saturated rings. The third kappa shape index (κ3) is 3.87. The van der Waals surface area contributed by atoms with E-state index in [1.54, 1.807) is 31.7 Å². The summed E-state index contributed by atoms with van der Waals surface area (Å²) in [4.78, 5) is 14.5. The summed E-state index contributed by atoms with van der Waals surface area (Å²) in [6, 6.07) is 4.11. The molecule has 174 valence electrons. The Morgan fingerprint density at radius 2 is 1.77 bits per heavy atom. The second-order valence-electron chi connectivity index (χ2n) is 9.96. The highest BCUT2D eigenvalue weighted by Gasteiger charge is 2.58. The van der Waals surface area contributed by atoms with Crippen LogP contribution >= 0.6 is 0 Å². The minimum atomic E-state index is -5.82. The molecular formula is C21H28F3NO5S. The summed E-state index contributed by atoms with van der Waals surface area (Å²) in [5.41, 5.74) is -6.08. The van der Waals surface area contributed by atoms with Crippen molar-refractivity contribution in [2.24, 2.45) is 5.41 Å². The van der Waals surface area contributed by atoms with Crippen LogP contribution in [0.25, 0.3) is 0 Å². The van der Waals surface area contributed by atoms with E-state index in [9.17, 15) is 26.4 Å². The number of hydrogen-bond acceptors (Lipinski definition) is 5. The van der Waals surface area contributed by atoms with E-state index in [2.05, 4.69) is 4.18 Å². The zero-order valence-electron chi connectivity index (χ0n) is 18.5. The molecule has 31 heavy (non-hydrogen) atoms. The van der Waals surface area contributed by atoms with Gasteiger partial charge in [-0.3, -0.25) is 0 Å². The van der Waals surface area contributed by atoms with Crippen LogP contribution < -0.4 is 4.18 Å². The fraction of sp³-hybridized carbons (Fsp3) is 0.667. The zero-order chi connectivity index (χ0) is 23.6. The highest BCUT2D eigenvalue weighted by molar-refractivity contribution is 7.88. The molecule has 1 aromatic rings. The first kappa shape index (κ1) is 23.7. The third-order valence-electron chi connectivity index (χ3n) is 6.72. The van der Waals surface area contributed by atoms with Crippen molar-refractivity contribution in [2.75, 3.05) is 6.54 Å². The van der Waals surface area contributed by atoms with Crippen LogP contribution in [-0.2, 0) is 26.7 Å². The molecule has 0 saturated carbocycles. The van der Waals surface area contributed by atoms with Crippen LogP contribution in [0, 0.1) is 5.41 Å². The predicted molar refractivity (Wildman–Crippen MR) is 108 cm³/mol. The lowest BCUT2D eigenvalue weighted by atomic mass is 9.51. The number of piperidine rings is 1. The number of hydrogen-bond donors (Lipinski definition) is 0. The molecule has 1 unspecified atom stereocenters. The van der Waals surface area contributed by atoms with Gasteiger partial charge in [-0.25, -0.2) is 4.79 Å². The van der Waals surface area contributed by atoms with Crippen molar-refractivity contribution in [3.63, 3.8) is 0 Å². The maximum atomic E-state index is 12.9. The summed E-state index contributed by atoms with van der Waals surface area (Å²) in [7, 11) is -5.82. The molecule has 1 amide bonds.